The zero-order chi connectivity index (χ0) is 13.1. The fraction of sp³-hybridized carbons (Fsp3) is 0.455. The summed E-state index contributed by atoms with van der Waals surface area (Å²) in [7, 11) is -3.42. The number of hydrogen-bond acceptors (Lipinski definition) is 4. The number of anilines is 1. The second kappa shape index (κ2) is 5.37. The number of nitrogens with two attached hydrogens (primary N) is 1. The highest BCUT2D eigenvalue weighted by Gasteiger charge is 2.21. The molecule has 17 heavy (non-hydrogen) atoms. The first-order valence-electron chi connectivity index (χ1n) is 5.42. The molecule has 6 heteroatoms. The number of rotatable bonds is 5. The van der Waals surface area contributed by atoms with E-state index in [0.717, 1.165) is 5.56 Å². The van der Waals surface area contributed by atoms with Crippen molar-refractivity contribution < 1.29 is 13.5 Å². The van der Waals surface area contributed by atoms with Crippen molar-refractivity contribution in [1.29, 1.82) is 0 Å². The van der Waals surface area contributed by atoms with Gasteiger partial charge >= 0.3 is 0 Å². The molecular formula is C11H18N2O3S. The van der Waals surface area contributed by atoms with Crippen molar-refractivity contribution >= 4 is 15.7 Å². The molecule has 0 bridgehead atoms. The molecule has 0 saturated carbocycles. The van der Waals surface area contributed by atoms with Gasteiger partial charge in [-0.3, -0.25) is 4.31 Å². The van der Waals surface area contributed by atoms with Crippen LogP contribution in [-0.2, 0) is 10.0 Å². The molecule has 1 aromatic rings. The summed E-state index contributed by atoms with van der Waals surface area (Å²) in [5, 5.41) is 9.43. The molecule has 0 fully saturated rings. The van der Waals surface area contributed by atoms with Crippen LogP contribution in [0.2, 0.25) is 0 Å². The zero-order valence-corrected chi connectivity index (χ0v) is 10.9. The summed E-state index contributed by atoms with van der Waals surface area (Å²) in [6, 6.07) is 4.67. The average molecular weight is 258 g/mol. The molecule has 3 N–H and O–H groups in total. The molecule has 1 aromatic carbocycles. The molecule has 1 rings (SSSR count). The van der Waals surface area contributed by atoms with E-state index in [4.69, 9.17) is 5.73 Å². The number of phenolic OH excluding ortho intramolecular Hbond substituents is 1. The average Bonchev–Trinajstić information content (AvgIpc) is 2.23. The summed E-state index contributed by atoms with van der Waals surface area (Å²) in [4.78, 5) is 0. The minimum absolute atomic E-state index is 0.0481. The minimum atomic E-state index is -3.42. The molecule has 0 aliphatic heterocycles. The van der Waals surface area contributed by atoms with E-state index in [1.54, 1.807) is 19.9 Å². The summed E-state index contributed by atoms with van der Waals surface area (Å²) in [5.41, 5.74) is 6.60. The molecule has 0 spiro atoms. The van der Waals surface area contributed by atoms with Crippen molar-refractivity contribution in [3.8, 4) is 5.75 Å². The monoisotopic (exact) mass is 258 g/mol. The van der Waals surface area contributed by atoms with Crippen LogP contribution in [-0.4, -0.2) is 32.4 Å². The molecule has 0 atom stereocenters. The zero-order valence-electron chi connectivity index (χ0n) is 10.0. The Hall–Kier alpha value is -1.27. The van der Waals surface area contributed by atoms with Crippen LogP contribution >= 0.6 is 0 Å². The molecule has 0 unspecified atom stereocenters. The van der Waals surface area contributed by atoms with Gasteiger partial charge in [-0.15, -0.1) is 0 Å². The maximum Gasteiger partial charge on any atom is 0.236 e. The fourth-order valence-corrected chi connectivity index (χ4v) is 3.05. The molecule has 0 saturated heterocycles. The highest BCUT2D eigenvalue weighted by atomic mass is 32.2. The molecule has 0 radical (unpaired) electrons. The Bertz CT molecular complexity index is 485. The first-order valence-corrected chi connectivity index (χ1v) is 7.03. The summed E-state index contributed by atoms with van der Waals surface area (Å²) < 4.78 is 25.3. The van der Waals surface area contributed by atoms with Crippen molar-refractivity contribution in [3.63, 3.8) is 0 Å². The van der Waals surface area contributed by atoms with Gasteiger partial charge in [-0.05, 0) is 25.5 Å². The normalized spacial score (nSPS) is 11.5. The van der Waals surface area contributed by atoms with E-state index >= 15 is 0 Å². The maximum atomic E-state index is 12.0. The molecule has 0 amide bonds. The number of aryl methyl sites for hydroxylation is 1. The van der Waals surface area contributed by atoms with Crippen molar-refractivity contribution in [2.45, 2.75) is 13.8 Å². The van der Waals surface area contributed by atoms with E-state index in [-0.39, 0.29) is 18.0 Å². The van der Waals surface area contributed by atoms with Gasteiger partial charge in [-0.2, -0.15) is 0 Å². The van der Waals surface area contributed by atoms with E-state index in [1.807, 2.05) is 0 Å². The van der Waals surface area contributed by atoms with Gasteiger partial charge in [0.15, 0.2) is 0 Å². The summed E-state index contributed by atoms with van der Waals surface area (Å²) in [6.07, 6.45) is 0. The lowest BCUT2D eigenvalue weighted by Crippen LogP contribution is -2.35. The molecule has 0 aromatic heterocycles. The highest BCUT2D eigenvalue weighted by Crippen LogP contribution is 2.26. The first kappa shape index (κ1) is 13.8. The Morgan fingerprint density at radius 1 is 1.41 bits per heavy atom. The summed E-state index contributed by atoms with van der Waals surface area (Å²) >= 11 is 0. The molecule has 5 nitrogen and oxygen atoms in total. The lowest BCUT2D eigenvalue weighted by Gasteiger charge is -2.24. The van der Waals surface area contributed by atoms with Crippen LogP contribution in [0.5, 0.6) is 5.75 Å². The number of benzene rings is 1. The second-order valence-electron chi connectivity index (χ2n) is 3.74. The van der Waals surface area contributed by atoms with Crippen LogP contribution in [0, 0.1) is 6.92 Å². The number of nitrogens with zero attached hydrogens (tertiary/aromatic N) is 1. The van der Waals surface area contributed by atoms with Crippen LogP contribution in [0.25, 0.3) is 0 Å². The fourth-order valence-electron chi connectivity index (χ4n) is 1.64. The lowest BCUT2D eigenvalue weighted by atomic mass is 10.2. The number of sulfonamides is 1. The van der Waals surface area contributed by atoms with E-state index in [0.29, 0.717) is 12.2 Å². The predicted octanol–water partition coefficient (Wildman–Crippen LogP) is 0.815. The predicted molar refractivity (Wildman–Crippen MR) is 68.7 cm³/mol. The summed E-state index contributed by atoms with van der Waals surface area (Å²) in [5.74, 6) is -0.0531. The van der Waals surface area contributed by atoms with Gasteiger partial charge in [-0.1, -0.05) is 6.07 Å². The quantitative estimate of drug-likeness (QED) is 0.819. The molecule has 0 heterocycles. The van der Waals surface area contributed by atoms with Gasteiger partial charge in [0.25, 0.3) is 0 Å². The third-order valence-corrected chi connectivity index (χ3v) is 4.34. The minimum Gasteiger partial charge on any atom is -0.508 e. The third-order valence-electron chi connectivity index (χ3n) is 2.46. The van der Waals surface area contributed by atoms with Crippen molar-refractivity contribution in [2.24, 2.45) is 5.73 Å². The molecule has 96 valence electrons. The Labute approximate surface area is 102 Å². The second-order valence-corrected chi connectivity index (χ2v) is 5.75. The van der Waals surface area contributed by atoms with Gasteiger partial charge in [0.1, 0.15) is 5.75 Å². The largest absolute Gasteiger partial charge is 0.508 e. The highest BCUT2D eigenvalue weighted by molar-refractivity contribution is 7.92. The molecular weight excluding hydrogens is 240 g/mol. The Balaban J connectivity index is 3.23. The first-order chi connectivity index (χ1) is 7.92. The Kier molecular flexibility index (Phi) is 4.36. The van der Waals surface area contributed by atoms with Crippen LogP contribution < -0.4 is 10.0 Å². The van der Waals surface area contributed by atoms with Crippen molar-refractivity contribution in [1.82, 2.24) is 0 Å². The topological polar surface area (TPSA) is 83.6 Å². The Morgan fingerprint density at radius 2 is 2.06 bits per heavy atom. The van der Waals surface area contributed by atoms with E-state index < -0.39 is 10.0 Å². The van der Waals surface area contributed by atoms with Crippen LogP contribution in [0.1, 0.15) is 12.5 Å². The van der Waals surface area contributed by atoms with Gasteiger partial charge < -0.3 is 10.8 Å². The van der Waals surface area contributed by atoms with Crippen LogP contribution in [0.15, 0.2) is 18.2 Å². The molecule has 0 aliphatic rings. The maximum absolute atomic E-state index is 12.0. The van der Waals surface area contributed by atoms with Gasteiger partial charge in [0, 0.05) is 19.2 Å². The van der Waals surface area contributed by atoms with Crippen LogP contribution in [0.3, 0.4) is 0 Å². The van der Waals surface area contributed by atoms with Gasteiger partial charge in [0.05, 0.1) is 11.4 Å². The standard InChI is InChI=1S/C11H18N2O3S/c1-3-13(17(15,16)7-6-12)11-8-10(14)5-4-9(11)2/h4-5,8,14H,3,6-7,12H2,1-2H3. The van der Waals surface area contributed by atoms with Gasteiger partial charge in [-0.25, -0.2) is 8.42 Å². The van der Waals surface area contributed by atoms with E-state index in [9.17, 15) is 13.5 Å². The van der Waals surface area contributed by atoms with Crippen LogP contribution in [0.4, 0.5) is 5.69 Å². The SMILES string of the molecule is CCN(c1cc(O)ccc1C)S(=O)(=O)CCN. The smallest absolute Gasteiger partial charge is 0.236 e. The summed E-state index contributed by atoms with van der Waals surface area (Å²) in [6.45, 7) is 3.94. The number of aromatic hydroxyl groups is 1. The van der Waals surface area contributed by atoms with E-state index in [1.165, 1.54) is 16.4 Å². The van der Waals surface area contributed by atoms with Crippen molar-refractivity contribution in [3.05, 3.63) is 23.8 Å². The third kappa shape index (κ3) is 3.10. The molecule has 0 aliphatic carbocycles. The Morgan fingerprint density at radius 3 is 2.59 bits per heavy atom. The van der Waals surface area contributed by atoms with E-state index in [2.05, 4.69) is 0 Å². The lowest BCUT2D eigenvalue weighted by molar-refractivity contribution is 0.475. The van der Waals surface area contributed by atoms with Crippen molar-refractivity contribution in [2.75, 3.05) is 23.1 Å². The number of hydrogen-bond donors (Lipinski definition) is 2. The van der Waals surface area contributed by atoms with Gasteiger partial charge in [0.2, 0.25) is 10.0 Å². The number of phenols is 1.